The summed E-state index contributed by atoms with van der Waals surface area (Å²) in [5, 5.41) is 8.68. The molecule has 0 heterocycles. The Morgan fingerprint density at radius 1 is 1.00 bits per heavy atom. The van der Waals surface area contributed by atoms with Crippen molar-refractivity contribution < 1.29 is 5.21 Å². The molecule has 2 heteroatoms. The Hall–Kier alpha value is -0.0800. The highest BCUT2D eigenvalue weighted by Crippen LogP contribution is 2.28. The van der Waals surface area contributed by atoms with Gasteiger partial charge < -0.3 is 5.21 Å². The molecule has 2 nitrogen and oxygen atoms in total. The standard InChI is InChI=1S/C7H17NO/c1-6(2,3)7(4,5)8-9/h8-9H,1-5H3. The molecular formula is C7H17NO. The molecule has 0 aromatic heterocycles. The van der Waals surface area contributed by atoms with E-state index in [4.69, 9.17) is 5.21 Å². The minimum absolute atomic E-state index is 0.0851. The molecule has 0 radical (unpaired) electrons. The van der Waals surface area contributed by atoms with Gasteiger partial charge in [-0.1, -0.05) is 20.8 Å². The van der Waals surface area contributed by atoms with E-state index >= 15 is 0 Å². The van der Waals surface area contributed by atoms with Gasteiger partial charge in [-0.25, -0.2) is 0 Å². The van der Waals surface area contributed by atoms with Crippen LogP contribution < -0.4 is 5.48 Å². The van der Waals surface area contributed by atoms with Gasteiger partial charge in [0.1, 0.15) is 0 Å². The van der Waals surface area contributed by atoms with Crippen molar-refractivity contribution in [3.8, 4) is 0 Å². The van der Waals surface area contributed by atoms with Gasteiger partial charge in [0.05, 0.1) is 0 Å². The van der Waals surface area contributed by atoms with Crippen LogP contribution in [-0.2, 0) is 0 Å². The van der Waals surface area contributed by atoms with Crippen LogP contribution in [-0.4, -0.2) is 10.7 Å². The Balaban J connectivity index is 4.14. The zero-order valence-electron chi connectivity index (χ0n) is 6.95. The van der Waals surface area contributed by atoms with Crippen LogP contribution in [0.25, 0.3) is 0 Å². The molecule has 2 N–H and O–H groups in total. The second-order valence-corrected chi connectivity index (χ2v) is 3.99. The number of hydrogen-bond acceptors (Lipinski definition) is 2. The molecule has 0 spiro atoms. The van der Waals surface area contributed by atoms with Gasteiger partial charge in [0.25, 0.3) is 0 Å². The first-order valence-electron chi connectivity index (χ1n) is 3.22. The Labute approximate surface area is 57.2 Å². The van der Waals surface area contributed by atoms with Gasteiger partial charge in [-0.15, -0.1) is 0 Å². The second kappa shape index (κ2) is 2.27. The van der Waals surface area contributed by atoms with E-state index in [2.05, 4.69) is 26.3 Å². The lowest BCUT2D eigenvalue weighted by Crippen LogP contribution is -2.48. The molecule has 0 aliphatic rings. The number of hydrogen-bond donors (Lipinski definition) is 2. The summed E-state index contributed by atoms with van der Waals surface area (Å²) in [6, 6.07) is 0. The van der Waals surface area contributed by atoms with Gasteiger partial charge in [-0.05, 0) is 19.3 Å². The average Bonchev–Trinajstić information content (AvgIpc) is 1.64. The summed E-state index contributed by atoms with van der Waals surface area (Å²) in [5.41, 5.74) is 2.15. The summed E-state index contributed by atoms with van der Waals surface area (Å²) in [6.07, 6.45) is 0. The van der Waals surface area contributed by atoms with Crippen molar-refractivity contribution in [2.75, 3.05) is 0 Å². The molecule has 0 fully saturated rings. The van der Waals surface area contributed by atoms with Crippen molar-refractivity contribution >= 4 is 0 Å². The van der Waals surface area contributed by atoms with Crippen molar-refractivity contribution in [3.63, 3.8) is 0 Å². The lowest BCUT2D eigenvalue weighted by Gasteiger charge is -2.37. The molecule has 0 aliphatic heterocycles. The van der Waals surface area contributed by atoms with Gasteiger partial charge in [-0.3, -0.25) is 0 Å². The summed E-state index contributed by atoms with van der Waals surface area (Å²) in [4.78, 5) is 0. The molecule has 0 amide bonds. The van der Waals surface area contributed by atoms with E-state index in [1.165, 1.54) is 0 Å². The smallest absolute Gasteiger partial charge is 0.0422 e. The number of hydroxylamine groups is 1. The van der Waals surface area contributed by atoms with E-state index in [1.54, 1.807) is 0 Å². The van der Waals surface area contributed by atoms with Crippen LogP contribution in [0.3, 0.4) is 0 Å². The highest BCUT2D eigenvalue weighted by Gasteiger charge is 2.31. The molecule has 0 aliphatic carbocycles. The van der Waals surface area contributed by atoms with Crippen LogP contribution >= 0.6 is 0 Å². The summed E-state index contributed by atoms with van der Waals surface area (Å²) < 4.78 is 0. The maximum atomic E-state index is 8.68. The molecule has 0 aromatic carbocycles. The molecule has 56 valence electrons. The van der Waals surface area contributed by atoms with Crippen LogP contribution in [0.5, 0.6) is 0 Å². The van der Waals surface area contributed by atoms with Crippen molar-refractivity contribution in [1.29, 1.82) is 0 Å². The highest BCUT2D eigenvalue weighted by molar-refractivity contribution is 4.86. The number of nitrogens with one attached hydrogen (secondary N) is 1. The predicted molar refractivity (Wildman–Crippen MR) is 38.5 cm³/mol. The maximum Gasteiger partial charge on any atom is 0.0422 e. The zero-order valence-corrected chi connectivity index (χ0v) is 6.95. The fraction of sp³-hybridized carbons (Fsp3) is 1.00. The minimum atomic E-state index is -0.215. The van der Waals surface area contributed by atoms with E-state index in [1.807, 2.05) is 13.8 Å². The molecule has 0 saturated heterocycles. The van der Waals surface area contributed by atoms with Crippen molar-refractivity contribution in [2.45, 2.75) is 40.2 Å². The fourth-order valence-electron chi connectivity index (χ4n) is 0.168. The normalized spacial score (nSPS) is 14.0. The van der Waals surface area contributed by atoms with Crippen LogP contribution in [0.4, 0.5) is 0 Å². The van der Waals surface area contributed by atoms with E-state index in [-0.39, 0.29) is 11.0 Å². The van der Waals surface area contributed by atoms with Gasteiger partial charge >= 0.3 is 0 Å². The largest absolute Gasteiger partial charge is 0.316 e. The Kier molecular flexibility index (Phi) is 2.25. The lowest BCUT2D eigenvalue weighted by atomic mass is 9.77. The molecule has 0 saturated carbocycles. The molecule has 0 unspecified atom stereocenters. The summed E-state index contributed by atoms with van der Waals surface area (Å²) in [6.45, 7) is 10.2. The van der Waals surface area contributed by atoms with E-state index in [9.17, 15) is 0 Å². The maximum absolute atomic E-state index is 8.68. The van der Waals surface area contributed by atoms with Crippen LogP contribution in [0.1, 0.15) is 34.6 Å². The van der Waals surface area contributed by atoms with Crippen molar-refractivity contribution in [1.82, 2.24) is 5.48 Å². The highest BCUT2D eigenvalue weighted by atomic mass is 16.5. The van der Waals surface area contributed by atoms with Crippen LogP contribution in [0.15, 0.2) is 0 Å². The van der Waals surface area contributed by atoms with Crippen molar-refractivity contribution in [3.05, 3.63) is 0 Å². The topological polar surface area (TPSA) is 32.3 Å². The SMILES string of the molecule is CC(C)(C)C(C)(C)NO. The predicted octanol–water partition coefficient (Wildman–Crippen LogP) is 1.79. The van der Waals surface area contributed by atoms with Crippen LogP contribution in [0, 0.1) is 5.41 Å². The summed E-state index contributed by atoms with van der Waals surface area (Å²) in [5.74, 6) is 0. The zero-order chi connectivity index (χ0) is 7.71. The first kappa shape index (κ1) is 8.92. The Morgan fingerprint density at radius 3 is 1.33 bits per heavy atom. The van der Waals surface area contributed by atoms with E-state index in [0.717, 1.165) is 0 Å². The van der Waals surface area contributed by atoms with Gasteiger partial charge in [-0.2, -0.15) is 5.48 Å². The molecule has 0 bridgehead atoms. The van der Waals surface area contributed by atoms with E-state index < -0.39 is 0 Å². The quantitative estimate of drug-likeness (QED) is 0.532. The average molecular weight is 131 g/mol. The van der Waals surface area contributed by atoms with Gasteiger partial charge in [0, 0.05) is 5.54 Å². The summed E-state index contributed by atoms with van der Waals surface area (Å²) in [7, 11) is 0. The van der Waals surface area contributed by atoms with Crippen molar-refractivity contribution in [2.24, 2.45) is 5.41 Å². The molecule has 0 rings (SSSR count). The molecule has 9 heavy (non-hydrogen) atoms. The summed E-state index contributed by atoms with van der Waals surface area (Å²) >= 11 is 0. The minimum Gasteiger partial charge on any atom is -0.316 e. The lowest BCUT2D eigenvalue weighted by molar-refractivity contribution is 0.0164. The first-order chi connectivity index (χ1) is 3.81. The second-order valence-electron chi connectivity index (χ2n) is 3.99. The molecular weight excluding hydrogens is 114 g/mol. The van der Waals surface area contributed by atoms with Gasteiger partial charge in [0.15, 0.2) is 0 Å². The van der Waals surface area contributed by atoms with E-state index in [0.29, 0.717) is 0 Å². The van der Waals surface area contributed by atoms with Gasteiger partial charge in [0.2, 0.25) is 0 Å². The first-order valence-corrected chi connectivity index (χ1v) is 3.22. The fourth-order valence-corrected chi connectivity index (χ4v) is 0.168. The number of rotatable bonds is 1. The Morgan fingerprint density at radius 2 is 1.33 bits per heavy atom. The molecule has 0 atom stereocenters. The monoisotopic (exact) mass is 131 g/mol. The Bertz CT molecular complexity index is 91.6. The third-order valence-electron chi connectivity index (χ3n) is 2.15. The van der Waals surface area contributed by atoms with Crippen LogP contribution in [0.2, 0.25) is 0 Å². The third-order valence-corrected chi connectivity index (χ3v) is 2.15. The molecule has 0 aromatic rings. The third kappa shape index (κ3) is 1.95.